The Hall–Kier alpha value is -1.55. The van der Waals surface area contributed by atoms with Gasteiger partial charge in [-0.2, -0.15) is 0 Å². The molecule has 4 heteroatoms. The van der Waals surface area contributed by atoms with Crippen LogP contribution in [-0.2, 0) is 0 Å². The summed E-state index contributed by atoms with van der Waals surface area (Å²) in [5.41, 5.74) is 0.646. The van der Waals surface area contributed by atoms with Crippen molar-refractivity contribution in [2.24, 2.45) is 0 Å². The van der Waals surface area contributed by atoms with E-state index >= 15 is 0 Å². The summed E-state index contributed by atoms with van der Waals surface area (Å²) in [5, 5.41) is 8.92. The van der Waals surface area contributed by atoms with Gasteiger partial charge in [0.2, 0.25) is 0 Å². The molecule has 0 heterocycles. The van der Waals surface area contributed by atoms with Gasteiger partial charge in [-0.15, -0.1) is 0 Å². The zero-order valence-electron chi connectivity index (χ0n) is 12.8. The third-order valence-electron chi connectivity index (χ3n) is 2.91. The van der Waals surface area contributed by atoms with Gasteiger partial charge < -0.3 is 14.7 Å². The van der Waals surface area contributed by atoms with Crippen LogP contribution in [0.3, 0.4) is 0 Å². The number of aliphatic hydroxyl groups is 1. The maximum absolute atomic E-state index is 12.4. The molecule has 1 N–H and O–H groups in total. The van der Waals surface area contributed by atoms with Crippen molar-refractivity contribution in [3.63, 3.8) is 0 Å². The van der Waals surface area contributed by atoms with Crippen LogP contribution in [0.15, 0.2) is 24.3 Å². The van der Waals surface area contributed by atoms with Gasteiger partial charge in [0.1, 0.15) is 5.75 Å². The van der Waals surface area contributed by atoms with Crippen molar-refractivity contribution in [3.8, 4) is 5.75 Å². The van der Waals surface area contributed by atoms with E-state index in [1.807, 2.05) is 39.8 Å². The number of hydrogen-bond acceptors (Lipinski definition) is 3. The fourth-order valence-electron chi connectivity index (χ4n) is 1.95. The summed E-state index contributed by atoms with van der Waals surface area (Å²) in [7, 11) is 0. The molecule has 0 radical (unpaired) electrons. The van der Waals surface area contributed by atoms with E-state index in [0.29, 0.717) is 18.5 Å². The SMILES string of the molecule is CC(C)Oc1ccc(C(=O)N(CCCO)C(C)C)cc1. The number of benzene rings is 1. The Labute approximate surface area is 121 Å². The van der Waals surface area contributed by atoms with Crippen LogP contribution < -0.4 is 4.74 Å². The van der Waals surface area contributed by atoms with Crippen LogP contribution in [0, 0.1) is 0 Å². The lowest BCUT2D eigenvalue weighted by Gasteiger charge is -2.26. The second-order valence-electron chi connectivity index (χ2n) is 5.36. The van der Waals surface area contributed by atoms with Gasteiger partial charge in [0.05, 0.1) is 6.10 Å². The van der Waals surface area contributed by atoms with Gasteiger partial charge in [-0.1, -0.05) is 0 Å². The molecular weight excluding hydrogens is 254 g/mol. The summed E-state index contributed by atoms with van der Waals surface area (Å²) >= 11 is 0. The molecule has 0 aliphatic carbocycles. The molecule has 20 heavy (non-hydrogen) atoms. The molecule has 0 atom stereocenters. The Morgan fingerprint density at radius 3 is 2.25 bits per heavy atom. The molecule has 0 saturated heterocycles. The van der Waals surface area contributed by atoms with Crippen LogP contribution in [0.4, 0.5) is 0 Å². The molecule has 1 aromatic rings. The minimum Gasteiger partial charge on any atom is -0.491 e. The standard InChI is InChI=1S/C16H25NO3/c1-12(2)17(10-5-11-18)16(19)14-6-8-15(9-7-14)20-13(3)4/h6-9,12-13,18H,5,10-11H2,1-4H3. The maximum Gasteiger partial charge on any atom is 0.254 e. The second kappa shape index (κ2) is 7.90. The largest absolute Gasteiger partial charge is 0.491 e. The fourth-order valence-corrected chi connectivity index (χ4v) is 1.95. The van der Waals surface area contributed by atoms with Gasteiger partial charge in [0.25, 0.3) is 5.91 Å². The van der Waals surface area contributed by atoms with Crippen LogP contribution in [0.5, 0.6) is 5.75 Å². The first-order chi connectivity index (χ1) is 9.45. The molecule has 1 aromatic carbocycles. The highest BCUT2D eigenvalue weighted by atomic mass is 16.5. The molecule has 0 fully saturated rings. The van der Waals surface area contributed by atoms with E-state index in [4.69, 9.17) is 9.84 Å². The predicted molar refractivity (Wildman–Crippen MR) is 80.1 cm³/mol. The number of aliphatic hydroxyl groups excluding tert-OH is 1. The Bertz CT molecular complexity index is 412. The number of carbonyl (C=O) groups is 1. The first-order valence-electron chi connectivity index (χ1n) is 7.14. The first-order valence-corrected chi connectivity index (χ1v) is 7.14. The Morgan fingerprint density at radius 2 is 1.80 bits per heavy atom. The Morgan fingerprint density at radius 1 is 1.20 bits per heavy atom. The molecule has 112 valence electrons. The van der Waals surface area contributed by atoms with E-state index < -0.39 is 0 Å². The molecular formula is C16H25NO3. The van der Waals surface area contributed by atoms with Crippen LogP contribution in [0.25, 0.3) is 0 Å². The number of amides is 1. The van der Waals surface area contributed by atoms with Gasteiger partial charge in [-0.3, -0.25) is 4.79 Å². The lowest BCUT2D eigenvalue weighted by molar-refractivity contribution is 0.0693. The van der Waals surface area contributed by atoms with Crippen LogP contribution in [0.1, 0.15) is 44.5 Å². The molecule has 0 unspecified atom stereocenters. The van der Waals surface area contributed by atoms with Crippen molar-refractivity contribution in [2.75, 3.05) is 13.2 Å². The maximum atomic E-state index is 12.4. The highest BCUT2D eigenvalue weighted by Crippen LogP contribution is 2.16. The van der Waals surface area contributed by atoms with Gasteiger partial charge in [0, 0.05) is 24.8 Å². The monoisotopic (exact) mass is 279 g/mol. The summed E-state index contributed by atoms with van der Waals surface area (Å²) in [6.07, 6.45) is 0.714. The summed E-state index contributed by atoms with van der Waals surface area (Å²) in [6, 6.07) is 7.32. The molecule has 1 rings (SSSR count). The lowest BCUT2D eigenvalue weighted by atomic mass is 10.1. The van der Waals surface area contributed by atoms with Crippen LogP contribution in [0.2, 0.25) is 0 Å². The zero-order valence-corrected chi connectivity index (χ0v) is 12.8. The second-order valence-corrected chi connectivity index (χ2v) is 5.36. The van der Waals surface area contributed by atoms with E-state index in [1.54, 1.807) is 17.0 Å². The van der Waals surface area contributed by atoms with Gasteiger partial charge in [-0.05, 0) is 58.4 Å². The van der Waals surface area contributed by atoms with E-state index in [2.05, 4.69) is 0 Å². The predicted octanol–water partition coefficient (Wildman–Crippen LogP) is 2.71. The van der Waals surface area contributed by atoms with Crippen molar-refractivity contribution in [2.45, 2.75) is 46.3 Å². The van der Waals surface area contributed by atoms with Gasteiger partial charge in [0.15, 0.2) is 0 Å². The average molecular weight is 279 g/mol. The minimum atomic E-state index is -0.00968. The average Bonchev–Trinajstić information content (AvgIpc) is 2.38. The Kier molecular flexibility index (Phi) is 6.52. The lowest BCUT2D eigenvalue weighted by Crippen LogP contribution is -2.38. The normalized spacial score (nSPS) is 10.9. The van der Waals surface area contributed by atoms with Crippen molar-refractivity contribution in [1.82, 2.24) is 4.90 Å². The molecule has 0 saturated carbocycles. The molecule has 0 bridgehead atoms. The van der Waals surface area contributed by atoms with E-state index in [9.17, 15) is 4.79 Å². The third-order valence-corrected chi connectivity index (χ3v) is 2.91. The smallest absolute Gasteiger partial charge is 0.254 e. The van der Waals surface area contributed by atoms with Crippen molar-refractivity contribution in [3.05, 3.63) is 29.8 Å². The van der Waals surface area contributed by atoms with Gasteiger partial charge in [-0.25, -0.2) is 0 Å². The number of nitrogens with zero attached hydrogens (tertiary/aromatic N) is 1. The fraction of sp³-hybridized carbons (Fsp3) is 0.562. The number of rotatable bonds is 7. The third kappa shape index (κ3) is 4.85. The van der Waals surface area contributed by atoms with Crippen molar-refractivity contribution >= 4 is 5.91 Å². The molecule has 0 aromatic heterocycles. The summed E-state index contributed by atoms with van der Waals surface area (Å²) in [6.45, 7) is 8.55. The minimum absolute atomic E-state index is 0.00968. The van der Waals surface area contributed by atoms with E-state index in [0.717, 1.165) is 5.75 Å². The van der Waals surface area contributed by atoms with Crippen molar-refractivity contribution < 1.29 is 14.6 Å². The molecule has 0 aliphatic heterocycles. The molecule has 0 aliphatic rings. The van der Waals surface area contributed by atoms with Crippen LogP contribution >= 0.6 is 0 Å². The first kappa shape index (κ1) is 16.5. The summed E-state index contributed by atoms with van der Waals surface area (Å²) in [4.78, 5) is 14.2. The van der Waals surface area contributed by atoms with Crippen molar-refractivity contribution in [1.29, 1.82) is 0 Å². The molecule has 1 amide bonds. The number of hydrogen-bond donors (Lipinski definition) is 1. The highest BCUT2D eigenvalue weighted by molar-refractivity contribution is 5.94. The molecule has 0 spiro atoms. The quantitative estimate of drug-likeness (QED) is 0.835. The topological polar surface area (TPSA) is 49.8 Å². The van der Waals surface area contributed by atoms with Crippen LogP contribution in [-0.4, -0.2) is 41.2 Å². The molecule has 4 nitrogen and oxygen atoms in total. The van der Waals surface area contributed by atoms with E-state index in [1.165, 1.54) is 0 Å². The zero-order chi connectivity index (χ0) is 15.1. The summed E-state index contributed by atoms with van der Waals surface area (Å²) < 4.78 is 5.56. The summed E-state index contributed by atoms with van der Waals surface area (Å²) in [5.74, 6) is 0.757. The van der Waals surface area contributed by atoms with Gasteiger partial charge >= 0.3 is 0 Å². The van der Waals surface area contributed by atoms with E-state index in [-0.39, 0.29) is 24.7 Å². The number of carbonyl (C=O) groups excluding carboxylic acids is 1. The Balaban J connectivity index is 2.78. The number of ether oxygens (including phenoxy) is 1. The highest BCUT2D eigenvalue weighted by Gasteiger charge is 2.18.